The molecule has 75 heavy (non-hydrogen) atoms. The molecule has 4 saturated heterocycles. The van der Waals surface area contributed by atoms with Crippen molar-refractivity contribution in [3.63, 3.8) is 0 Å². The number of nitrogens with two attached hydrogens (primary N) is 1. The number of rotatable bonds is 11. The van der Waals surface area contributed by atoms with Crippen LogP contribution in [0.15, 0.2) is 64.6 Å². The van der Waals surface area contributed by atoms with Crippen LogP contribution in [0.25, 0.3) is 22.4 Å². The fraction of sp³-hybridized carbons (Fsp3) is 0.449. The molecular weight excluding hydrogens is 1020 g/mol. The fourth-order valence-electron chi connectivity index (χ4n) is 9.87. The Bertz CT molecular complexity index is 2970. The Labute approximate surface area is 428 Å². The van der Waals surface area contributed by atoms with Crippen molar-refractivity contribution < 1.29 is 63.8 Å². The van der Waals surface area contributed by atoms with Crippen molar-refractivity contribution in [2.75, 3.05) is 112 Å². The molecule has 4 aliphatic heterocycles. The number of benzene rings is 3. The first-order valence-corrected chi connectivity index (χ1v) is 24.9. The second-order valence-electron chi connectivity index (χ2n) is 18.7. The lowest BCUT2D eigenvalue weighted by atomic mass is 9.95. The van der Waals surface area contributed by atoms with E-state index in [9.17, 15) is 36.3 Å². The molecule has 0 spiro atoms. The largest absolute Gasteiger partial charge is 0.471 e. The van der Waals surface area contributed by atoms with Crippen molar-refractivity contribution in [2.24, 2.45) is 5.73 Å². The number of ether oxygens (including phenoxy) is 2. The molecule has 26 heteroatoms. The highest BCUT2D eigenvalue weighted by atomic mass is 32.2. The lowest BCUT2D eigenvalue weighted by Crippen LogP contribution is -2.50. The summed E-state index contributed by atoms with van der Waals surface area (Å²) in [5.41, 5.74) is 2.94. The summed E-state index contributed by atoms with van der Waals surface area (Å²) in [6.45, 7) is 3.31. The number of likely N-dealkylation sites (N-methyl/N-ethyl adjacent to an activating group) is 2. The van der Waals surface area contributed by atoms with Gasteiger partial charge in [-0.3, -0.25) is 24.1 Å². The van der Waals surface area contributed by atoms with Gasteiger partial charge in [-0.15, -0.1) is 0 Å². The molecule has 9 rings (SSSR count). The zero-order valence-corrected chi connectivity index (χ0v) is 41.4. The van der Waals surface area contributed by atoms with Crippen molar-refractivity contribution >= 4 is 69.3 Å². The van der Waals surface area contributed by atoms with Crippen molar-refractivity contribution in [1.29, 1.82) is 0 Å². The summed E-state index contributed by atoms with van der Waals surface area (Å²) in [6.07, 6.45) is -10.1. The molecule has 5 aromatic rings. The fourth-order valence-corrected chi connectivity index (χ4v) is 10.7. The average Bonchev–Trinajstić information content (AvgIpc) is 3.75. The summed E-state index contributed by atoms with van der Waals surface area (Å²) in [6, 6.07) is 7.01. The van der Waals surface area contributed by atoms with E-state index in [4.69, 9.17) is 25.3 Å². The zero-order valence-electron chi connectivity index (χ0n) is 40.6. The van der Waals surface area contributed by atoms with Gasteiger partial charge in [-0.25, -0.2) is 18.7 Å². The molecule has 2 N–H and O–H groups in total. The monoisotopic (exact) mass is 1070 g/mol. The van der Waals surface area contributed by atoms with Crippen LogP contribution in [0.5, 0.6) is 0 Å². The third kappa shape index (κ3) is 11.2. The van der Waals surface area contributed by atoms with Crippen LogP contribution in [0.4, 0.5) is 57.9 Å². The Balaban J connectivity index is 1.34. The lowest BCUT2D eigenvalue weighted by Gasteiger charge is -2.39. The summed E-state index contributed by atoms with van der Waals surface area (Å²) in [4.78, 5) is 75.1. The maximum atomic E-state index is 15.6. The van der Waals surface area contributed by atoms with Crippen molar-refractivity contribution in [3.8, 4) is 11.3 Å². The summed E-state index contributed by atoms with van der Waals surface area (Å²) in [5, 5.41) is 4.66. The van der Waals surface area contributed by atoms with Gasteiger partial charge in [0.25, 0.3) is 11.8 Å². The third-order valence-electron chi connectivity index (χ3n) is 13.7. The molecule has 17 nitrogen and oxygen atoms in total. The predicted molar refractivity (Wildman–Crippen MR) is 260 cm³/mol. The predicted octanol–water partition coefficient (Wildman–Crippen LogP) is 6.36. The summed E-state index contributed by atoms with van der Waals surface area (Å²) in [7, 11) is 3.76. The van der Waals surface area contributed by atoms with E-state index >= 15 is 18.0 Å². The van der Waals surface area contributed by atoms with Gasteiger partial charge in [-0.05, 0) is 82.2 Å². The number of alkyl halides is 6. The number of halogens is 8. The van der Waals surface area contributed by atoms with E-state index in [1.54, 1.807) is 4.90 Å². The molecule has 4 aliphatic rings. The second kappa shape index (κ2) is 21.6. The van der Waals surface area contributed by atoms with Crippen LogP contribution >= 0.6 is 11.8 Å². The number of carbonyl (C=O) groups excluding carboxylic acids is 4. The van der Waals surface area contributed by atoms with Crippen LogP contribution in [0.2, 0.25) is 0 Å². The number of amides is 3. The number of carbonyl (C=O) groups is 4. The van der Waals surface area contributed by atoms with E-state index in [-0.39, 0.29) is 91.9 Å². The number of hydrogen-bond donors (Lipinski definition) is 1. The first kappa shape index (κ1) is 53.3. The standard InChI is InChI=1S/C49H51F8N11O6S/c1-62-11-15-64(16-12-62)32-3-4-34(37(26-32)66(46(71)48(52,53)54)30-7-19-73-20-8-30)45(70)68-44-41(60-38(27-59-44)75-33-24-28(50)23-29(51)25-33)40(61-68)39-36(65-17-13-63(2)14-18-65)6-5-35(43(58)69)42(39)67(47(72)49(55,56)57)31-9-21-74-22-10-31/h3-6,23-27,30-31H,7-22H2,1-2H3,(H2,58,69). The molecule has 3 aromatic carbocycles. The lowest BCUT2D eigenvalue weighted by molar-refractivity contribution is -0.171. The Morgan fingerprint density at radius 1 is 0.693 bits per heavy atom. The van der Waals surface area contributed by atoms with Gasteiger partial charge in [-0.1, -0.05) is 11.8 Å². The van der Waals surface area contributed by atoms with Crippen LogP contribution in [0, 0.1) is 11.6 Å². The van der Waals surface area contributed by atoms with Crippen LogP contribution in [0.1, 0.15) is 46.4 Å². The zero-order chi connectivity index (χ0) is 53.5. The quantitative estimate of drug-likeness (QED) is 0.145. The van der Waals surface area contributed by atoms with Gasteiger partial charge in [-0.2, -0.15) is 36.1 Å². The topological polar surface area (TPSA) is 176 Å². The highest BCUT2D eigenvalue weighted by Gasteiger charge is 2.49. The molecule has 0 bridgehead atoms. The molecule has 0 atom stereocenters. The van der Waals surface area contributed by atoms with Gasteiger partial charge in [0.15, 0.2) is 5.65 Å². The second-order valence-corrected chi connectivity index (χ2v) is 19.8. The van der Waals surface area contributed by atoms with E-state index in [2.05, 4.69) is 9.88 Å². The van der Waals surface area contributed by atoms with E-state index in [1.165, 1.54) is 30.3 Å². The van der Waals surface area contributed by atoms with E-state index in [1.807, 2.05) is 23.9 Å². The Kier molecular flexibility index (Phi) is 15.4. The Morgan fingerprint density at radius 3 is 1.79 bits per heavy atom. The highest BCUT2D eigenvalue weighted by Crippen LogP contribution is 2.47. The van der Waals surface area contributed by atoms with Gasteiger partial charge in [0.05, 0.1) is 34.3 Å². The minimum Gasteiger partial charge on any atom is -0.381 e. The minimum atomic E-state index is -5.54. The van der Waals surface area contributed by atoms with Gasteiger partial charge in [0, 0.05) is 113 Å². The SMILES string of the molecule is CN1CCN(c2ccc(C(=O)n3nc(-c4c(N5CCN(C)CC5)ccc(C(N)=O)c4N(C(=O)C(F)(F)F)C4CCOCC4)c4nc(Sc5cc(F)cc(F)c5)cnc43)c(N(C(=O)C(F)(F)F)C3CCOCC3)c2)CC1. The minimum absolute atomic E-state index is 0.00314. The normalized spacial score (nSPS) is 17.9. The van der Waals surface area contributed by atoms with E-state index in [0.29, 0.717) is 77.3 Å². The number of primary amides is 1. The number of hydrogen-bond acceptors (Lipinski definition) is 14. The number of fused-ring (bicyclic) bond motifs is 1. The summed E-state index contributed by atoms with van der Waals surface area (Å²) in [5.74, 6) is -8.91. The van der Waals surface area contributed by atoms with Gasteiger partial charge in [0.2, 0.25) is 0 Å². The third-order valence-corrected chi connectivity index (χ3v) is 14.6. The summed E-state index contributed by atoms with van der Waals surface area (Å²) < 4.78 is 131. The van der Waals surface area contributed by atoms with Crippen LogP contribution < -0.4 is 25.3 Å². The number of piperazine rings is 2. The van der Waals surface area contributed by atoms with Gasteiger partial charge in [0.1, 0.15) is 27.9 Å². The number of nitrogens with zero attached hydrogens (tertiary/aromatic N) is 10. The van der Waals surface area contributed by atoms with Crippen LogP contribution in [-0.4, -0.2) is 170 Å². The molecule has 4 fully saturated rings. The van der Waals surface area contributed by atoms with Crippen molar-refractivity contribution in [2.45, 2.75) is 60.0 Å². The highest BCUT2D eigenvalue weighted by molar-refractivity contribution is 7.99. The van der Waals surface area contributed by atoms with Crippen LogP contribution in [0.3, 0.4) is 0 Å². The molecule has 3 amide bonds. The molecule has 6 heterocycles. The molecule has 0 aliphatic carbocycles. The maximum absolute atomic E-state index is 15.6. The van der Waals surface area contributed by atoms with E-state index < -0.39 is 93.5 Å². The van der Waals surface area contributed by atoms with Gasteiger partial charge < -0.3 is 39.7 Å². The average molecular weight is 1070 g/mol. The number of anilines is 4. The van der Waals surface area contributed by atoms with Gasteiger partial charge >= 0.3 is 24.2 Å². The Hall–Kier alpha value is -6.48. The molecule has 0 unspecified atom stereocenters. The smallest absolute Gasteiger partial charge is 0.381 e. The maximum Gasteiger partial charge on any atom is 0.471 e. The summed E-state index contributed by atoms with van der Waals surface area (Å²) >= 11 is 0.712. The first-order valence-electron chi connectivity index (χ1n) is 24.1. The number of aromatic nitrogens is 4. The van der Waals surface area contributed by atoms with E-state index in [0.717, 1.165) is 18.3 Å². The van der Waals surface area contributed by atoms with Crippen LogP contribution in [-0.2, 0) is 19.1 Å². The molecule has 0 saturated carbocycles. The molecule has 0 radical (unpaired) electrons. The molecule has 400 valence electrons. The van der Waals surface area contributed by atoms with Crippen molar-refractivity contribution in [1.82, 2.24) is 29.5 Å². The molecule has 2 aromatic heterocycles. The molecular formula is C49H51F8N11O6S. The van der Waals surface area contributed by atoms with Crippen molar-refractivity contribution in [3.05, 3.63) is 77.5 Å². The first-order chi connectivity index (χ1) is 35.7. The Morgan fingerprint density at radius 2 is 1.23 bits per heavy atom.